The van der Waals surface area contributed by atoms with Gasteiger partial charge < -0.3 is 24.4 Å². The maximum Gasteiger partial charge on any atom is 0.133 e. The van der Waals surface area contributed by atoms with Crippen molar-refractivity contribution in [3.8, 4) is 0 Å². The summed E-state index contributed by atoms with van der Waals surface area (Å²) in [4.78, 5) is 14.1. The van der Waals surface area contributed by atoms with Crippen LogP contribution >= 0.6 is 0 Å². The molecule has 2 saturated heterocycles. The predicted molar refractivity (Wildman–Crippen MR) is 105 cm³/mol. The number of nitrogens with zero attached hydrogens (tertiary/aromatic N) is 4. The summed E-state index contributed by atoms with van der Waals surface area (Å²) in [6.07, 6.45) is 6.05. The molecule has 1 N–H and O–H groups in total. The molecule has 7 heteroatoms. The minimum Gasteiger partial charge on any atom is -0.389 e. The van der Waals surface area contributed by atoms with E-state index >= 15 is 0 Å². The van der Waals surface area contributed by atoms with Crippen LogP contribution in [0.1, 0.15) is 44.3 Å². The third-order valence-corrected chi connectivity index (χ3v) is 5.49. The van der Waals surface area contributed by atoms with E-state index in [-0.39, 0.29) is 6.10 Å². The molecule has 2 aliphatic rings. The molecule has 3 heterocycles. The van der Waals surface area contributed by atoms with Crippen molar-refractivity contribution < 1.29 is 14.6 Å². The molecule has 0 radical (unpaired) electrons. The summed E-state index contributed by atoms with van der Waals surface area (Å²) in [5.74, 6) is 2.48. The minimum atomic E-state index is -0.462. The van der Waals surface area contributed by atoms with E-state index in [1.54, 1.807) is 7.11 Å². The topological polar surface area (TPSA) is 71.0 Å². The highest BCUT2D eigenvalue weighted by Crippen LogP contribution is 2.27. The number of aliphatic hydroxyl groups excluding tert-OH is 1. The molecule has 152 valence electrons. The smallest absolute Gasteiger partial charge is 0.133 e. The van der Waals surface area contributed by atoms with Crippen LogP contribution in [0.4, 0.5) is 5.82 Å². The van der Waals surface area contributed by atoms with Crippen molar-refractivity contribution in [3.63, 3.8) is 0 Å². The Labute approximate surface area is 162 Å². The van der Waals surface area contributed by atoms with Gasteiger partial charge in [-0.1, -0.05) is 0 Å². The van der Waals surface area contributed by atoms with Crippen LogP contribution in [0, 0.1) is 0 Å². The Kier molecular flexibility index (Phi) is 7.81. The highest BCUT2D eigenvalue weighted by Gasteiger charge is 2.25. The number of likely N-dealkylation sites (tertiary alicyclic amines) is 1. The van der Waals surface area contributed by atoms with Crippen molar-refractivity contribution in [3.05, 3.63) is 18.1 Å². The lowest BCUT2D eigenvalue weighted by atomic mass is 9.95. The second-order valence-corrected chi connectivity index (χ2v) is 7.80. The fourth-order valence-corrected chi connectivity index (χ4v) is 3.97. The van der Waals surface area contributed by atoms with Gasteiger partial charge in [-0.05, 0) is 51.8 Å². The lowest BCUT2D eigenvalue weighted by Crippen LogP contribution is -2.40. The molecular weight excluding hydrogens is 344 g/mol. The van der Waals surface area contributed by atoms with Crippen molar-refractivity contribution >= 4 is 5.82 Å². The van der Waals surface area contributed by atoms with Gasteiger partial charge in [-0.3, -0.25) is 0 Å². The number of methoxy groups -OCH3 is 1. The molecule has 0 aromatic carbocycles. The van der Waals surface area contributed by atoms with Gasteiger partial charge in [0.25, 0.3) is 0 Å². The fourth-order valence-electron chi connectivity index (χ4n) is 3.97. The van der Waals surface area contributed by atoms with Gasteiger partial charge in [-0.25, -0.2) is 9.97 Å². The quantitative estimate of drug-likeness (QED) is 0.701. The van der Waals surface area contributed by atoms with E-state index in [0.29, 0.717) is 25.7 Å². The summed E-state index contributed by atoms with van der Waals surface area (Å²) in [7, 11) is 1.66. The molecule has 0 saturated carbocycles. The summed E-state index contributed by atoms with van der Waals surface area (Å²) in [6.45, 7) is 7.66. The Balaban J connectivity index is 1.43. The second kappa shape index (κ2) is 10.3. The number of piperidine rings is 1. The molecule has 1 aromatic rings. The standard InChI is InChI=1S/C20H34N4O3/c1-16(14-26-2)27-15-18(25)13-23-11-6-17(7-12-23)20-21-8-5-19(22-20)24-9-3-4-10-24/h5,8,16-18,25H,3-4,6-7,9-15H2,1-2H3. The normalized spacial score (nSPS) is 21.5. The maximum absolute atomic E-state index is 10.2. The van der Waals surface area contributed by atoms with Gasteiger partial charge in [0.05, 0.1) is 25.4 Å². The zero-order chi connectivity index (χ0) is 19.1. The molecule has 0 amide bonds. The van der Waals surface area contributed by atoms with Gasteiger partial charge in [-0.2, -0.15) is 0 Å². The van der Waals surface area contributed by atoms with Crippen LogP contribution in [0.15, 0.2) is 12.3 Å². The number of rotatable bonds is 9. The van der Waals surface area contributed by atoms with Gasteiger partial charge in [0.2, 0.25) is 0 Å². The third kappa shape index (κ3) is 6.10. The number of hydrogen-bond donors (Lipinski definition) is 1. The lowest BCUT2D eigenvalue weighted by molar-refractivity contribution is -0.0411. The average molecular weight is 379 g/mol. The molecule has 27 heavy (non-hydrogen) atoms. The first-order chi connectivity index (χ1) is 13.2. The van der Waals surface area contributed by atoms with E-state index in [1.807, 2.05) is 19.2 Å². The number of anilines is 1. The monoisotopic (exact) mass is 378 g/mol. The number of hydrogen-bond acceptors (Lipinski definition) is 7. The van der Waals surface area contributed by atoms with E-state index in [1.165, 1.54) is 12.8 Å². The van der Waals surface area contributed by atoms with Gasteiger partial charge in [-0.15, -0.1) is 0 Å². The fraction of sp³-hybridized carbons (Fsp3) is 0.800. The first-order valence-electron chi connectivity index (χ1n) is 10.2. The van der Waals surface area contributed by atoms with Crippen molar-refractivity contribution in [2.24, 2.45) is 0 Å². The van der Waals surface area contributed by atoms with Crippen molar-refractivity contribution in [1.82, 2.24) is 14.9 Å². The summed E-state index contributed by atoms with van der Waals surface area (Å²) in [6, 6.07) is 2.03. The molecule has 2 atom stereocenters. The highest BCUT2D eigenvalue weighted by atomic mass is 16.5. The van der Waals surface area contributed by atoms with Crippen LogP contribution in [-0.4, -0.2) is 85.2 Å². The minimum absolute atomic E-state index is 0.00965. The molecular formula is C20H34N4O3. The first-order valence-corrected chi connectivity index (χ1v) is 10.2. The van der Waals surface area contributed by atoms with Crippen LogP contribution in [0.3, 0.4) is 0 Å². The molecule has 3 rings (SSSR count). The molecule has 0 aliphatic carbocycles. The van der Waals surface area contributed by atoms with Gasteiger partial charge >= 0.3 is 0 Å². The lowest BCUT2D eigenvalue weighted by Gasteiger charge is -2.32. The Hall–Kier alpha value is -1.28. The molecule has 2 aliphatic heterocycles. The largest absolute Gasteiger partial charge is 0.389 e. The number of aliphatic hydroxyl groups is 1. The van der Waals surface area contributed by atoms with Crippen LogP contribution < -0.4 is 4.90 Å². The summed E-state index contributed by atoms with van der Waals surface area (Å²) >= 11 is 0. The Bertz CT molecular complexity index is 560. The molecule has 7 nitrogen and oxygen atoms in total. The zero-order valence-electron chi connectivity index (χ0n) is 16.7. The third-order valence-electron chi connectivity index (χ3n) is 5.49. The molecule has 2 fully saturated rings. The molecule has 1 aromatic heterocycles. The van der Waals surface area contributed by atoms with E-state index in [9.17, 15) is 5.11 Å². The maximum atomic E-state index is 10.2. The predicted octanol–water partition coefficient (Wildman–Crippen LogP) is 1.67. The SMILES string of the molecule is COCC(C)OCC(O)CN1CCC(c2nccc(N3CCCC3)n2)CC1. The first kappa shape index (κ1) is 20.5. The van der Waals surface area contributed by atoms with Crippen LogP contribution in [0.2, 0.25) is 0 Å². The Morgan fingerprint density at radius 3 is 2.63 bits per heavy atom. The zero-order valence-corrected chi connectivity index (χ0v) is 16.7. The summed E-state index contributed by atoms with van der Waals surface area (Å²) in [5.41, 5.74) is 0. The molecule has 0 bridgehead atoms. The number of ether oxygens (including phenoxy) is 2. The van der Waals surface area contributed by atoms with Crippen molar-refractivity contribution in [2.45, 2.75) is 50.7 Å². The molecule has 0 spiro atoms. The Morgan fingerprint density at radius 1 is 1.19 bits per heavy atom. The summed E-state index contributed by atoms with van der Waals surface area (Å²) < 4.78 is 10.7. The van der Waals surface area contributed by atoms with Gasteiger partial charge in [0.1, 0.15) is 11.6 Å². The van der Waals surface area contributed by atoms with Crippen LogP contribution in [-0.2, 0) is 9.47 Å². The summed E-state index contributed by atoms with van der Waals surface area (Å²) in [5, 5.41) is 10.2. The highest BCUT2D eigenvalue weighted by molar-refractivity contribution is 5.38. The van der Waals surface area contributed by atoms with Gasteiger partial charge in [0, 0.05) is 38.9 Å². The van der Waals surface area contributed by atoms with E-state index in [0.717, 1.165) is 50.7 Å². The number of β-amino-alcohol motifs (C(OH)–C–C–N with tert-alkyl or cyclic N) is 1. The van der Waals surface area contributed by atoms with E-state index in [4.69, 9.17) is 14.5 Å². The average Bonchev–Trinajstić information content (AvgIpc) is 3.22. The van der Waals surface area contributed by atoms with Crippen LogP contribution in [0.5, 0.6) is 0 Å². The van der Waals surface area contributed by atoms with Crippen molar-refractivity contribution in [1.29, 1.82) is 0 Å². The second-order valence-electron chi connectivity index (χ2n) is 7.80. The van der Waals surface area contributed by atoms with E-state index in [2.05, 4.69) is 14.8 Å². The Morgan fingerprint density at radius 2 is 1.93 bits per heavy atom. The van der Waals surface area contributed by atoms with Crippen molar-refractivity contribution in [2.75, 3.05) is 57.9 Å². The molecule has 2 unspecified atom stereocenters. The van der Waals surface area contributed by atoms with E-state index < -0.39 is 6.10 Å². The van der Waals surface area contributed by atoms with Crippen LogP contribution in [0.25, 0.3) is 0 Å². The number of aromatic nitrogens is 2. The van der Waals surface area contributed by atoms with Gasteiger partial charge in [0.15, 0.2) is 0 Å².